The SMILES string of the molecule is Cc1cc(C)c(NC(=O)/C=C/c2ccccc2)c(Br)c1. The van der Waals surface area contributed by atoms with Crippen molar-refractivity contribution in [2.75, 3.05) is 5.32 Å². The van der Waals surface area contributed by atoms with Crippen molar-refractivity contribution in [3.63, 3.8) is 0 Å². The zero-order valence-corrected chi connectivity index (χ0v) is 13.1. The summed E-state index contributed by atoms with van der Waals surface area (Å²) in [6.07, 6.45) is 3.34. The minimum absolute atomic E-state index is 0.137. The fourth-order valence-electron chi connectivity index (χ4n) is 1.97. The lowest BCUT2D eigenvalue weighted by atomic mass is 10.1. The fourth-order valence-corrected chi connectivity index (χ4v) is 2.75. The van der Waals surface area contributed by atoms with Gasteiger partial charge in [0, 0.05) is 10.5 Å². The maximum Gasteiger partial charge on any atom is 0.248 e. The Morgan fingerprint density at radius 1 is 1.15 bits per heavy atom. The molecule has 0 aliphatic carbocycles. The maximum atomic E-state index is 12.0. The van der Waals surface area contributed by atoms with E-state index in [0.29, 0.717) is 0 Å². The number of halogens is 1. The molecule has 0 aliphatic rings. The predicted octanol–water partition coefficient (Wildman–Crippen LogP) is 4.72. The van der Waals surface area contributed by atoms with Crippen LogP contribution in [0.3, 0.4) is 0 Å². The highest BCUT2D eigenvalue weighted by molar-refractivity contribution is 9.10. The van der Waals surface area contributed by atoms with Crippen LogP contribution in [0.15, 0.2) is 53.0 Å². The normalized spacial score (nSPS) is 10.8. The molecule has 0 radical (unpaired) electrons. The molecule has 2 aromatic rings. The molecule has 20 heavy (non-hydrogen) atoms. The van der Waals surface area contributed by atoms with Crippen LogP contribution in [0.5, 0.6) is 0 Å². The summed E-state index contributed by atoms with van der Waals surface area (Å²) in [6, 6.07) is 13.8. The number of benzene rings is 2. The molecule has 0 saturated heterocycles. The van der Waals surface area contributed by atoms with Gasteiger partial charge in [0.15, 0.2) is 0 Å². The van der Waals surface area contributed by atoms with E-state index in [1.807, 2.05) is 56.3 Å². The van der Waals surface area contributed by atoms with Crippen molar-refractivity contribution < 1.29 is 4.79 Å². The van der Waals surface area contributed by atoms with Gasteiger partial charge in [0.25, 0.3) is 0 Å². The molecule has 2 aromatic carbocycles. The standard InChI is InChI=1S/C17H16BrNO/c1-12-10-13(2)17(15(18)11-12)19-16(20)9-8-14-6-4-3-5-7-14/h3-11H,1-2H3,(H,19,20)/b9-8+. The summed E-state index contributed by atoms with van der Waals surface area (Å²) in [6.45, 7) is 4.01. The van der Waals surface area contributed by atoms with E-state index < -0.39 is 0 Å². The Hall–Kier alpha value is -1.87. The van der Waals surface area contributed by atoms with E-state index in [4.69, 9.17) is 0 Å². The van der Waals surface area contributed by atoms with E-state index in [1.165, 1.54) is 0 Å². The van der Waals surface area contributed by atoms with Gasteiger partial charge in [-0.05, 0) is 58.6 Å². The summed E-state index contributed by atoms with van der Waals surface area (Å²) in [7, 11) is 0. The van der Waals surface area contributed by atoms with Crippen LogP contribution in [0.25, 0.3) is 6.08 Å². The van der Waals surface area contributed by atoms with Gasteiger partial charge in [-0.25, -0.2) is 0 Å². The lowest BCUT2D eigenvalue weighted by Crippen LogP contribution is -2.09. The third kappa shape index (κ3) is 3.81. The Kier molecular flexibility index (Phi) is 4.74. The van der Waals surface area contributed by atoms with Crippen LogP contribution < -0.4 is 5.32 Å². The van der Waals surface area contributed by atoms with Gasteiger partial charge in [-0.3, -0.25) is 4.79 Å². The van der Waals surface area contributed by atoms with Gasteiger partial charge in [0.2, 0.25) is 5.91 Å². The highest BCUT2D eigenvalue weighted by Gasteiger charge is 2.07. The van der Waals surface area contributed by atoms with Crippen LogP contribution in [0, 0.1) is 13.8 Å². The van der Waals surface area contributed by atoms with E-state index in [1.54, 1.807) is 12.2 Å². The van der Waals surface area contributed by atoms with E-state index in [0.717, 1.165) is 26.9 Å². The molecule has 2 nitrogen and oxygen atoms in total. The predicted molar refractivity (Wildman–Crippen MR) is 87.7 cm³/mol. The van der Waals surface area contributed by atoms with Gasteiger partial charge in [-0.1, -0.05) is 36.4 Å². The molecule has 0 aromatic heterocycles. The number of amides is 1. The molecule has 0 unspecified atom stereocenters. The fraction of sp³-hybridized carbons (Fsp3) is 0.118. The number of aryl methyl sites for hydroxylation is 2. The smallest absolute Gasteiger partial charge is 0.248 e. The number of carbonyl (C=O) groups is 1. The van der Waals surface area contributed by atoms with E-state index >= 15 is 0 Å². The average Bonchev–Trinajstić information content (AvgIpc) is 2.42. The summed E-state index contributed by atoms with van der Waals surface area (Å²) < 4.78 is 0.900. The largest absolute Gasteiger partial charge is 0.321 e. The number of anilines is 1. The molecular weight excluding hydrogens is 314 g/mol. The Balaban J connectivity index is 2.11. The van der Waals surface area contributed by atoms with Gasteiger partial charge >= 0.3 is 0 Å². The number of rotatable bonds is 3. The van der Waals surface area contributed by atoms with Crippen LogP contribution in [0.4, 0.5) is 5.69 Å². The second-order valence-corrected chi connectivity index (χ2v) is 5.53. The molecule has 0 spiro atoms. The Morgan fingerprint density at radius 3 is 2.50 bits per heavy atom. The molecule has 2 rings (SSSR count). The third-order valence-electron chi connectivity index (χ3n) is 2.91. The van der Waals surface area contributed by atoms with Crippen LogP contribution in [0.1, 0.15) is 16.7 Å². The van der Waals surface area contributed by atoms with Crippen molar-refractivity contribution in [2.45, 2.75) is 13.8 Å². The molecule has 102 valence electrons. The van der Waals surface area contributed by atoms with E-state index in [2.05, 4.69) is 21.2 Å². The summed E-state index contributed by atoms with van der Waals surface area (Å²) in [5, 5.41) is 2.90. The van der Waals surface area contributed by atoms with Crippen molar-refractivity contribution in [2.24, 2.45) is 0 Å². The van der Waals surface area contributed by atoms with Crippen molar-refractivity contribution in [1.82, 2.24) is 0 Å². The third-order valence-corrected chi connectivity index (χ3v) is 3.53. The van der Waals surface area contributed by atoms with Gasteiger partial charge in [-0.15, -0.1) is 0 Å². The Bertz CT molecular complexity index is 624. The number of carbonyl (C=O) groups excluding carboxylic acids is 1. The van der Waals surface area contributed by atoms with Crippen LogP contribution in [-0.4, -0.2) is 5.91 Å². The first-order chi connectivity index (χ1) is 9.56. The lowest BCUT2D eigenvalue weighted by Gasteiger charge is -2.10. The molecular formula is C17H16BrNO. The molecule has 0 fully saturated rings. The monoisotopic (exact) mass is 329 g/mol. The van der Waals surface area contributed by atoms with Gasteiger partial charge in [0.05, 0.1) is 5.69 Å². The molecule has 0 bridgehead atoms. The summed E-state index contributed by atoms with van der Waals surface area (Å²) in [5.41, 5.74) is 4.02. The van der Waals surface area contributed by atoms with Gasteiger partial charge in [-0.2, -0.15) is 0 Å². The topological polar surface area (TPSA) is 29.1 Å². The average molecular weight is 330 g/mol. The summed E-state index contributed by atoms with van der Waals surface area (Å²) >= 11 is 3.48. The van der Waals surface area contributed by atoms with Crippen molar-refractivity contribution in [3.8, 4) is 0 Å². The minimum atomic E-state index is -0.137. The van der Waals surface area contributed by atoms with Gasteiger partial charge in [0.1, 0.15) is 0 Å². The molecule has 0 atom stereocenters. The van der Waals surface area contributed by atoms with Crippen molar-refractivity contribution in [3.05, 3.63) is 69.7 Å². The van der Waals surface area contributed by atoms with Gasteiger partial charge < -0.3 is 5.32 Å². The Labute approximate surface area is 127 Å². The lowest BCUT2D eigenvalue weighted by molar-refractivity contribution is -0.111. The van der Waals surface area contributed by atoms with Crippen LogP contribution in [-0.2, 0) is 4.79 Å². The second kappa shape index (κ2) is 6.53. The molecule has 0 saturated carbocycles. The quantitative estimate of drug-likeness (QED) is 0.811. The van der Waals surface area contributed by atoms with Crippen molar-refractivity contribution in [1.29, 1.82) is 0 Å². The first-order valence-corrected chi connectivity index (χ1v) is 7.16. The first kappa shape index (κ1) is 14.5. The minimum Gasteiger partial charge on any atom is -0.321 e. The molecule has 1 amide bonds. The first-order valence-electron chi connectivity index (χ1n) is 6.37. The Morgan fingerprint density at radius 2 is 1.85 bits per heavy atom. The van der Waals surface area contributed by atoms with Crippen molar-refractivity contribution >= 4 is 33.6 Å². The van der Waals surface area contributed by atoms with Crippen LogP contribution >= 0.6 is 15.9 Å². The molecule has 1 N–H and O–H groups in total. The zero-order valence-electron chi connectivity index (χ0n) is 11.5. The maximum absolute atomic E-state index is 12.0. The summed E-state index contributed by atoms with van der Waals surface area (Å²) in [4.78, 5) is 12.0. The number of nitrogens with one attached hydrogen (secondary N) is 1. The van der Waals surface area contributed by atoms with E-state index in [-0.39, 0.29) is 5.91 Å². The number of hydrogen-bond donors (Lipinski definition) is 1. The molecule has 3 heteroatoms. The zero-order chi connectivity index (χ0) is 14.5. The van der Waals surface area contributed by atoms with Crippen LogP contribution in [0.2, 0.25) is 0 Å². The molecule has 0 aliphatic heterocycles. The highest BCUT2D eigenvalue weighted by atomic mass is 79.9. The second-order valence-electron chi connectivity index (χ2n) is 4.67. The van der Waals surface area contributed by atoms with E-state index in [9.17, 15) is 4.79 Å². The molecule has 0 heterocycles. The highest BCUT2D eigenvalue weighted by Crippen LogP contribution is 2.27. The number of hydrogen-bond acceptors (Lipinski definition) is 1. The summed E-state index contributed by atoms with van der Waals surface area (Å²) in [5.74, 6) is -0.137.